The minimum Gasteiger partial charge on any atom is -0.480 e. The second-order valence-electron chi connectivity index (χ2n) is 23.7. The summed E-state index contributed by atoms with van der Waals surface area (Å²) >= 11 is 0. The third-order valence-corrected chi connectivity index (χ3v) is 17.2. The van der Waals surface area contributed by atoms with Crippen LogP contribution in [0.2, 0.25) is 0 Å². The van der Waals surface area contributed by atoms with Gasteiger partial charge < -0.3 is 45.6 Å². The van der Waals surface area contributed by atoms with Gasteiger partial charge in [0.1, 0.15) is 0 Å². The standard InChI is InChI=1S/C66H87N9O14/c1-9-12-14-16-24-75-65(87)61-41(7)51-30-52-46(11-3)38(4)48(68-52)31-53-60(42(8)89-27-17-15-13-10-2)40(6)50(69-53)29-49-39(5)47(63(70-49)62(66(75)88)64(61)71-51)22-23-54(76)67-44-20-18-43(19-21-44)28-45(74(36-58(83)84)37-59(85)86)32-72(33-55(77)78)25-26-73(34-56(79)80)35-57(81)82/h18-21,29-31,39,42,45,47,70-71H,9-17,22-28,32-37H2,1-8H3,(H,67,76)(H,77,78)(H,79,80)(H,81,82)(H,83,84)(H,85,86)/t39-,42?,45?,47-/m0/s1. The van der Waals surface area contributed by atoms with Crippen molar-refractivity contribution in [3.63, 3.8) is 0 Å². The summed E-state index contributed by atoms with van der Waals surface area (Å²) in [5.41, 5.74) is 11.7. The van der Waals surface area contributed by atoms with Crippen LogP contribution in [0.4, 0.5) is 5.69 Å². The lowest BCUT2D eigenvalue weighted by Gasteiger charge is -2.34. The lowest BCUT2D eigenvalue weighted by Crippen LogP contribution is -2.51. The van der Waals surface area contributed by atoms with Gasteiger partial charge in [0.15, 0.2) is 0 Å². The summed E-state index contributed by atoms with van der Waals surface area (Å²) in [6.07, 6.45) is 8.30. The smallest absolute Gasteiger partial charge is 0.317 e. The first kappa shape index (κ1) is 68.4. The number of hydrogen-bond acceptors (Lipinski definition) is 14. The van der Waals surface area contributed by atoms with Crippen molar-refractivity contribution in [2.75, 3.05) is 70.8 Å². The summed E-state index contributed by atoms with van der Waals surface area (Å²) in [6, 6.07) is 11.7. The second-order valence-corrected chi connectivity index (χ2v) is 23.7. The number of carboxylic acids is 5. The van der Waals surface area contributed by atoms with E-state index in [0.29, 0.717) is 69.8 Å². The first-order chi connectivity index (χ1) is 42.4. The molecule has 8 bridgehead atoms. The van der Waals surface area contributed by atoms with Crippen LogP contribution in [0.5, 0.6) is 0 Å². The molecule has 0 aliphatic carbocycles. The molecule has 4 aliphatic heterocycles. The zero-order valence-electron chi connectivity index (χ0n) is 52.5. The number of aryl methyl sites for hydroxylation is 1. The maximum atomic E-state index is 15.3. The van der Waals surface area contributed by atoms with Crippen LogP contribution in [0.3, 0.4) is 0 Å². The number of fused-ring (bicyclic) bond motifs is 8. The van der Waals surface area contributed by atoms with Crippen LogP contribution >= 0.6 is 0 Å². The molecule has 0 spiro atoms. The Balaban J connectivity index is 1.25. The fraction of sp³-hybridized carbons (Fsp3) is 0.515. The van der Waals surface area contributed by atoms with Gasteiger partial charge in [-0.2, -0.15) is 0 Å². The maximum absolute atomic E-state index is 15.3. The van der Waals surface area contributed by atoms with Gasteiger partial charge in [0.05, 0.1) is 78.2 Å². The van der Waals surface area contributed by atoms with Crippen LogP contribution < -0.4 is 5.32 Å². The number of rotatable bonds is 35. The van der Waals surface area contributed by atoms with Crippen LogP contribution in [-0.4, -0.2) is 190 Å². The molecule has 0 saturated heterocycles. The number of carboxylic acid groups (broad SMARTS) is 5. The number of hydrogen-bond donors (Lipinski definition) is 8. The number of aromatic nitrogens is 4. The van der Waals surface area contributed by atoms with E-state index in [1.54, 1.807) is 24.3 Å². The van der Waals surface area contributed by atoms with Crippen molar-refractivity contribution >= 4 is 86.6 Å². The number of benzene rings is 1. The van der Waals surface area contributed by atoms with E-state index in [1.807, 2.05) is 32.0 Å². The number of allylic oxidation sites excluding steroid dienone is 3. The van der Waals surface area contributed by atoms with Crippen LogP contribution in [0.25, 0.3) is 33.3 Å². The highest BCUT2D eigenvalue weighted by atomic mass is 16.5. The molecule has 0 radical (unpaired) electrons. The third kappa shape index (κ3) is 17.4. The van der Waals surface area contributed by atoms with E-state index < -0.39 is 80.4 Å². The van der Waals surface area contributed by atoms with Gasteiger partial charge in [-0.15, -0.1) is 0 Å². The average Bonchev–Trinajstić information content (AvgIpc) is 1.62. The lowest BCUT2D eigenvalue weighted by molar-refractivity contribution is -0.144. The molecule has 6 heterocycles. The van der Waals surface area contributed by atoms with Gasteiger partial charge in [-0.1, -0.05) is 78.4 Å². The summed E-state index contributed by atoms with van der Waals surface area (Å²) in [4.78, 5) is 126. The third-order valence-electron chi connectivity index (χ3n) is 17.2. The van der Waals surface area contributed by atoms with Crippen LogP contribution in [0.1, 0.15) is 197 Å². The van der Waals surface area contributed by atoms with Gasteiger partial charge in [0.2, 0.25) is 5.91 Å². The first-order valence-electron chi connectivity index (χ1n) is 31.1. The summed E-state index contributed by atoms with van der Waals surface area (Å²) in [5, 5.41) is 51.3. The number of aliphatic carboxylic acids is 5. The van der Waals surface area contributed by atoms with E-state index >= 15 is 4.79 Å². The van der Waals surface area contributed by atoms with Crippen molar-refractivity contribution in [1.29, 1.82) is 0 Å². The molecule has 3 amide bonds. The predicted octanol–water partition coefficient (Wildman–Crippen LogP) is 9.33. The predicted molar refractivity (Wildman–Crippen MR) is 337 cm³/mol. The average molecular weight is 1230 g/mol. The first-order valence-corrected chi connectivity index (χ1v) is 31.1. The van der Waals surface area contributed by atoms with E-state index in [-0.39, 0.29) is 69.3 Å². The number of anilines is 1. The Kier molecular flexibility index (Phi) is 24.1. The van der Waals surface area contributed by atoms with Gasteiger partial charge >= 0.3 is 29.8 Å². The molecule has 23 nitrogen and oxygen atoms in total. The highest BCUT2D eigenvalue weighted by Gasteiger charge is 2.41. The summed E-state index contributed by atoms with van der Waals surface area (Å²) in [7, 11) is 0. The molecule has 4 aliphatic rings. The van der Waals surface area contributed by atoms with Gasteiger partial charge in [0.25, 0.3) is 11.8 Å². The van der Waals surface area contributed by atoms with Crippen molar-refractivity contribution in [3.05, 3.63) is 98.9 Å². The summed E-state index contributed by atoms with van der Waals surface area (Å²) < 4.78 is 6.54. The Morgan fingerprint density at radius 3 is 1.89 bits per heavy atom. The molecule has 89 heavy (non-hydrogen) atoms. The number of carbonyl (C=O) groups excluding carboxylic acids is 3. The van der Waals surface area contributed by atoms with Crippen molar-refractivity contribution in [2.45, 2.75) is 156 Å². The van der Waals surface area contributed by atoms with Crippen molar-refractivity contribution < 1.29 is 68.6 Å². The topological polar surface area (TPSA) is 329 Å². The summed E-state index contributed by atoms with van der Waals surface area (Å²) in [5.74, 6) is -8.46. The van der Waals surface area contributed by atoms with Crippen LogP contribution in [-0.2, 0) is 39.9 Å². The van der Waals surface area contributed by atoms with E-state index in [0.717, 1.165) is 94.9 Å². The molecule has 3 aromatic rings. The summed E-state index contributed by atoms with van der Waals surface area (Å²) in [6.45, 7) is 13.4. The van der Waals surface area contributed by atoms with Crippen molar-refractivity contribution in [1.82, 2.24) is 39.5 Å². The minimum atomic E-state index is -1.34. The molecular formula is C66H87N9O14. The Morgan fingerprint density at radius 2 is 1.27 bits per heavy atom. The molecule has 4 atom stereocenters. The normalized spacial score (nSPS) is 16.0. The molecule has 2 unspecified atom stereocenters. The number of amides is 3. The van der Waals surface area contributed by atoms with Gasteiger partial charge in [-0.3, -0.25) is 58.0 Å². The zero-order chi connectivity index (χ0) is 64.8. The van der Waals surface area contributed by atoms with Gasteiger partial charge in [-0.25, -0.2) is 9.97 Å². The van der Waals surface area contributed by atoms with Gasteiger partial charge in [0, 0.05) is 85.2 Å². The number of unbranched alkanes of at least 4 members (excludes halogenated alkanes) is 6. The molecule has 8 N–H and O–H groups in total. The van der Waals surface area contributed by atoms with Gasteiger partial charge in [-0.05, 0) is 118 Å². The Bertz CT molecular complexity index is 3400. The lowest BCUT2D eigenvalue weighted by atomic mass is 9.84. The number of aromatic amines is 2. The number of ether oxygens (including phenoxy) is 1. The highest BCUT2D eigenvalue weighted by Crippen LogP contribution is 2.45. The number of imide groups is 1. The highest BCUT2D eigenvalue weighted by molar-refractivity contribution is 6.23. The monoisotopic (exact) mass is 1230 g/mol. The van der Waals surface area contributed by atoms with Crippen LogP contribution in [0, 0.1) is 6.92 Å². The van der Waals surface area contributed by atoms with Crippen molar-refractivity contribution in [2.24, 2.45) is 0 Å². The number of nitrogens with one attached hydrogen (secondary N) is 3. The van der Waals surface area contributed by atoms with Crippen LogP contribution in [0.15, 0.2) is 42.5 Å². The number of nitrogens with zero attached hydrogens (tertiary/aromatic N) is 6. The largest absolute Gasteiger partial charge is 0.480 e. The fourth-order valence-corrected chi connectivity index (χ4v) is 12.5. The zero-order valence-corrected chi connectivity index (χ0v) is 52.5. The molecule has 1 aromatic carbocycles. The molecular weight excluding hydrogens is 1140 g/mol. The SMILES string of the molecule is CCCCCCOC(C)C1=C(C)c2cc3[nH]c(c4c5[nH]c(cc6nc(cc1n2)C(C)=C6CC)c(C)c5C(=O)N(CCCCCC)C4=O)[C@@H](CCC(=O)Nc1ccc(CC(CN(CCN(CC(=O)O)CC(=O)O)CC(=O)O)N(CC(=O)O)CC(=O)O)cc1)[C@@H]3C. The Labute approximate surface area is 518 Å². The minimum absolute atomic E-state index is 0.00287. The maximum Gasteiger partial charge on any atom is 0.317 e. The molecule has 23 heteroatoms. The molecule has 7 rings (SSSR count). The molecule has 0 saturated carbocycles. The fourth-order valence-electron chi connectivity index (χ4n) is 12.5. The van der Waals surface area contributed by atoms with E-state index in [2.05, 4.69) is 56.8 Å². The molecule has 0 fully saturated rings. The number of carbonyl (C=O) groups is 8. The molecule has 480 valence electrons. The quantitative estimate of drug-likeness (QED) is 0.0201. The molecule has 2 aromatic heterocycles. The number of H-pyrrole nitrogens is 2. The van der Waals surface area contributed by atoms with E-state index in [9.17, 15) is 59.1 Å². The Hall–Kier alpha value is -8.12. The van der Waals surface area contributed by atoms with E-state index in [1.165, 1.54) is 14.7 Å². The van der Waals surface area contributed by atoms with E-state index in [4.69, 9.17) is 14.7 Å². The Morgan fingerprint density at radius 1 is 0.685 bits per heavy atom. The van der Waals surface area contributed by atoms with Crippen molar-refractivity contribution in [3.8, 4) is 0 Å². The second kappa shape index (κ2) is 31.4.